The fourth-order valence-electron chi connectivity index (χ4n) is 9.87. The third-order valence-electron chi connectivity index (χ3n) is 14.3. The minimum Gasteiger partial charge on any atom is -0.314 e. The monoisotopic (exact) mass is 938 g/mol. The average Bonchev–Trinajstić information content (AvgIpc) is 3.76. The van der Waals surface area contributed by atoms with Gasteiger partial charge in [-0.15, -0.1) is 0 Å². The lowest BCUT2D eigenvalue weighted by atomic mass is 9.98. The Hall–Kier alpha value is -2.36. The lowest BCUT2D eigenvalue weighted by molar-refractivity contribution is -0.140. The number of allylic oxidation sites excluding steroid dienone is 4. The van der Waals surface area contributed by atoms with Crippen molar-refractivity contribution in [3.63, 3.8) is 0 Å². The Morgan fingerprint density at radius 3 is 0.910 bits per heavy atom. The van der Waals surface area contributed by atoms with Crippen molar-refractivity contribution in [1.29, 1.82) is 0 Å². The maximum absolute atomic E-state index is 12.9. The van der Waals surface area contributed by atoms with Gasteiger partial charge in [0, 0.05) is 77.0 Å². The largest absolute Gasteiger partial charge is 0.314 e. The summed E-state index contributed by atoms with van der Waals surface area (Å²) >= 11 is 0. The lowest BCUT2D eigenvalue weighted by Crippen LogP contribution is -2.40. The highest BCUT2D eigenvalue weighted by molar-refractivity contribution is 6.04. The molecule has 2 rings (SSSR count). The van der Waals surface area contributed by atoms with Gasteiger partial charge in [0.25, 0.3) is 0 Å². The maximum Gasteiger partial charge on any atom is 0.232 e. The predicted octanol–water partition coefficient (Wildman–Crippen LogP) is 13.7. The molecule has 67 heavy (non-hydrogen) atoms. The van der Waals surface area contributed by atoms with Gasteiger partial charge in [0.15, 0.2) is 0 Å². The molecule has 0 aromatic heterocycles. The lowest BCUT2D eigenvalue weighted by Gasteiger charge is -2.16. The number of hydrogen-bond donors (Lipinski definition) is 3. The summed E-state index contributed by atoms with van der Waals surface area (Å²) < 4.78 is 0. The second-order valence-corrected chi connectivity index (χ2v) is 20.4. The summed E-state index contributed by atoms with van der Waals surface area (Å²) in [7, 11) is 0. The molecule has 2 saturated heterocycles. The Morgan fingerprint density at radius 2 is 0.612 bits per heavy atom. The number of rotatable bonds is 50. The topological polar surface area (TPSA) is 111 Å². The Morgan fingerprint density at radius 1 is 0.358 bits per heavy atom. The average molecular weight is 939 g/mol. The molecule has 9 heteroatoms. The molecule has 0 radical (unpaired) electrons. The fourth-order valence-corrected chi connectivity index (χ4v) is 9.87. The summed E-state index contributed by atoms with van der Waals surface area (Å²) in [6.07, 6.45) is 56.3. The smallest absolute Gasteiger partial charge is 0.232 e. The predicted molar refractivity (Wildman–Crippen MR) is 284 cm³/mol. The van der Waals surface area contributed by atoms with Crippen LogP contribution in [-0.4, -0.2) is 85.8 Å². The second kappa shape index (κ2) is 44.8. The van der Waals surface area contributed by atoms with E-state index in [1.54, 1.807) is 0 Å². The van der Waals surface area contributed by atoms with Crippen molar-refractivity contribution in [3.05, 3.63) is 24.3 Å². The molecule has 2 unspecified atom stereocenters. The van der Waals surface area contributed by atoms with Crippen LogP contribution in [0.15, 0.2) is 24.3 Å². The van der Waals surface area contributed by atoms with Crippen molar-refractivity contribution >= 4 is 23.6 Å². The Kier molecular flexibility index (Phi) is 40.6. The van der Waals surface area contributed by atoms with Gasteiger partial charge in [-0.05, 0) is 64.2 Å². The van der Waals surface area contributed by atoms with E-state index in [0.717, 1.165) is 64.7 Å². The molecular weight excluding hydrogens is 831 g/mol. The highest BCUT2D eigenvalue weighted by atomic mass is 16.2. The number of carbonyl (C=O) groups excluding carboxylic acids is 4. The molecule has 0 saturated carbocycles. The van der Waals surface area contributed by atoms with Gasteiger partial charge in [0.05, 0.1) is 0 Å². The van der Waals surface area contributed by atoms with E-state index in [9.17, 15) is 19.2 Å². The van der Waals surface area contributed by atoms with Crippen LogP contribution in [0.5, 0.6) is 0 Å². The first-order chi connectivity index (χ1) is 33.0. The first-order valence-electron chi connectivity index (χ1n) is 29.1. The molecule has 0 bridgehead atoms. The number of nitrogens with one attached hydrogen (secondary N) is 3. The van der Waals surface area contributed by atoms with Gasteiger partial charge in [0.1, 0.15) is 0 Å². The Bertz CT molecular complexity index is 1270. The molecule has 9 nitrogen and oxygen atoms in total. The van der Waals surface area contributed by atoms with E-state index in [1.165, 1.54) is 202 Å². The van der Waals surface area contributed by atoms with Gasteiger partial charge >= 0.3 is 0 Å². The van der Waals surface area contributed by atoms with E-state index in [1.807, 2.05) is 0 Å². The summed E-state index contributed by atoms with van der Waals surface area (Å²) in [5.74, 6) is -0.260. The van der Waals surface area contributed by atoms with Crippen LogP contribution in [-0.2, 0) is 19.2 Å². The summed E-state index contributed by atoms with van der Waals surface area (Å²) in [5.41, 5.74) is 0. The van der Waals surface area contributed by atoms with Gasteiger partial charge in [-0.3, -0.25) is 29.0 Å². The molecule has 2 aliphatic rings. The van der Waals surface area contributed by atoms with Crippen LogP contribution >= 0.6 is 0 Å². The van der Waals surface area contributed by atoms with E-state index in [0.29, 0.717) is 39.0 Å². The van der Waals surface area contributed by atoms with Gasteiger partial charge in [-0.1, -0.05) is 205 Å². The number of nitrogens with zero attached hydrogens (tertiary/aromatic N) is 2. The van der Waals surface area contributed by atoms with Crippen LogP contribution in [0.25, 0.3) is 0 Å². The van der Waals surface area contributed by atoms with Crippen molar-refractivity contribution in [2.75, 3.05) is 52.4 Å². The van der Waals surface area contributed by atoms with Crippen LogP contribution in [0, 0.1) is 11.8 Å². The molecule has 0 aromatic carbocycles. The van der Waals surface area contributed by atoms with Gasteiger partial charge in [0.2, 0.25) is 23.6 Å². The highest BCUT2D eigenvalue weighted by Crippen LogP contribution is 2.26. The van der Waals surface area contributed by atoms with Crippen LogP contribution in [0.1, 0.15) is 258 Å². The van der Waals surface area contributed by atoms with Gasteiger partial charge in [-0.2, -0.15) is 0 Å². The zero-order chi connectivity index (χ0) is 48.1. The number of unbranched alkanes of at least 4 members (excludes halogenated alkanes) is 30. The van der Waals surface area contributed by atoms with E-state index in [4.69, 9.17) is 0 Å². The molecule has 2 fully saturated rings. The zero-order valence-corrected chi connectivity index (χ0v) is 44.0. The van der Waals surface area contributed by atoms with E-state index >= 15 is 0 Å². The van der Waals surface area contributed by atoms with E-state index < -0.39 is 0 Å². The molecule has 0 aromatic rings. The second-order valence-electron chi connectivity index (χ2n) is 20.4. The fraction of sp³-hybridized carbons (Fsp3) is 0.862. The molecular formula is C58H107N5O4. The summed E-state index contributed by atoms with van der Waals surface area (Å²) in [5, 5.41) is 10.1. The Labute approximate surface area is 413 Å². The maximum atomic E-state index is 12.9. The third-order valence-corrected chi connectivity index (χ3v) is 14.3. The minimum absolute atomic E-state index is 0.0182. The van der Waals surface area contributed by atoms with Crippen LogP contribution in [0.3, 0.4) is 0 Å². The molecule has 4 amide bonds. The Balaban J connectivity index is 1.33. The number of amides is 4. The number of carbonyl (C=O) groups is 4. The van der Waals surface area contributed by atoms with Crippen molar-refractivity contribution < 1.29 is 19.2 Å². The zero-order valence-electron chi connectivity index (χ0n) is 44.0. The first-order valence-corrected chi connectivity index (χ1v) is 29.1. The number of likely N-dealkylation sites (tertiary alicyclic amines) is 2. The third kappa shape index (κ3) is 33.0. The van der Waals surface area contributed by atoms with Gasteiger partial charge in [-0.25, -0.2) is 0 Å². The minimum atomic E-state index is -0.134. The number of hydrogen-bond acceptors (Lipinski definition) is 7. The van der Waals surface area contributed by atoms with Crippen molar-refractivity contribution in [1.82, 2.24) is 25.8 Å². The molecule has 3 N–H and O–H groups in total. The van der Waals surface area contributed by atoms with Crippen LogP contribution in [0.4, 0.5) is 0 Å². The SMILES string of the molecule is CCCCCCCCC=CCCCCCCCCCCC1CC(=O)N(CCNCCNCCNCCN2C(=O)CC(CCCCCCCC=CCCCCCCCCCCCCC)C2=O)C1=O. The molecule has 2 heterocycles. The van der Waals surface area contributed by atoms with Crippen molar-refractivity contribution in [3.8, 4) is 0 Å². The standard InChI is InChI=1S/C58H107N5O4/c1-3-5-7-9-11-13-15-17-19-21-23-24-26-28-30-32-34-36-38-40-42-54-52-56(65)63(58(54)67)50-48-61-46-44-59-43-45-60-47-49-62-55(64)51-53(57(62)66)41-39-37-35-33-31-29-27-25-22-20-18-16-14-12-10-8-6-4-2/h18,20,26,28,53-54,59-61H,3-17,19,21-25,27,29-52H2,1-2H3. The summed E-state index contributed by atoms with van der Waals surface area (Å²) in [4.78, 5) is 54.0. The van der Waals surface area contributed by atoms with Crippen molar-refractivity contribution in [2.45, 2.75) is 258 Å². The first kappa shape index (κ1) is 60.8. The van der Waals surface area contributed by atoms with E-state index in [2.05, 4.69) is 54.1 Å². The quantitative estimate of drug-likeness (QED) is 0.0316. The summed E-state index contributed by atoms with van der Waals surface area (Å²) in [6, 6.07) is 0. The molecule has 0 spiro atoms. The van der Waals surface area contributed by atoms with Gasteiger partial charge < -0.3 is 16.0 Å². The van der Waals surface area contributed by atoms with Crippen LogP contribution in [0.2, 0.25) is 0 Å². The highest BCUT2D eigenvalue weighted by Gasteiger charge is 2.38. The molecule has 2 atom stereocenters. The van der Waals surface area contributed by atoms with Crippen molar-refractivity contribution in [2.24, 2.45) is 11.8 Å². The molecule has 0 aliphatic carbocycles. The summed E-state index contributed by atoms with van der Waals surface area (Å²) in [6.45, 7) is 9.73. The molecule has 388 valence electrons. The van der Waals surface area contributed by atoms with E-state index in [-0.39, 0.29) is 35.5 Å². The molecule has 2 aliphatic heterocycles. The normalized spacial score (nSPS) is 16.7. The van der Waals surface area contributed by atoms with Crippen LogP contribution < -0.4 is 16.0 Å². The number of imide groups is 2.